The Bertz CT molecular complexity index is 1340. The summed E-state index contributed by atoms with van der Waals surface area (Å²) < 4.78 is 0. The van der Waals surface area contributed by atoms with E-state index in [9.17, 15) is 14.4 Å². The molecule has 8 nitrogen and oxygen atoms in total. The van der Waals surface area contributed by atoms with Crippen LogP contribution in [0, 0.1) is 0 Å². The summed E-state index contributed by atoms with van der Waals surface area (Å²) in [4.78, 5) is 46.9. The van der Waals surface area contributed by atoms with Gasteiger partial charge in [0.1, 0.15) is 9.71 Å². The molecule has 4 amide bonds. The lowest BCUT2D eigenvalue weighted by molar-refractivity contribution is -0.127. The van der Waals surface area contributed by atoms with Crippen LogP contribution in [0.3, 0.4) is 0 Å². The van der Waals surface area contributed by atoms with Crippen molar-refractivity contribution in [3.63, 3.8) is 0 Å². The Morgan fingerprint density at radius 2 is 2.03 bits per heavy atom. The third kappa shape index (κ3) is 4.00. The standard InChI is InChI=1S/C23H19Cl2N5O3S/c1-2-17(31)29-7-3-4-14(11-29)27-21(32)20-19-18-16(5-6-26-22(18)34-20)30(23(33)28-19)15-9-12(24)8-13(25)10-15/h2,5-6,8-10,14H,1,3-4,7,11H2,(H,27,32)(H,28,33). The lowest BCUT2D eigenvalue weighted by Gasteiger charge is -2.32. The number of aromatic nitrogens is 1. The highest BCUT2D eigenvalue weighted by Crippen LogP contribution is 2.46. The van der Waals surface area contributed by atoms with Crippen molar-refractivity contribution in [1.82, 2.24) is 15.2 Å². The monoisotopic (exact) mass is 515 g/mol. The smallest absolute Gasteiger partial charge is 0.331 e. The molecule has 11 heteroatoms. The lowest BCUT2D eigenvalue weighted by atomic mass is 10.1. The number of pyridine rings is 1. The summed E-state index contributed by atoms with van der Waals surface area (Å²) in [6.07, 6.45) is 4.41. The Kier molecular flexibility index (Phi) is 5.93. The van der Waals surface area contributed by atoms with Crippen molar-refractivity contribution < 1.29 is 14.4 Å². The van der Waals surface area contributed by atoms with Crippen LogP contribution >= 0.6 is 34.5 Å². The summed E-state index contributed by atoms with van der Waals surface area (Å²) in [5.41, 5.74) is 1.50. The van der Waals surface area contributed by atoms with E-state index in [4.69, 9.17) is 23.2 Å². The molecule has 5 rings (SSSR count). The number of urea groups is 1. The first-order valence-electron chi connectivity index (χ1n) is 10.6. The van der Waals surface area contributed by atoms with E-state index in [0.717, 1.165) is 12.8 Å². The maximum Gasteiger partial charge on any atom is 0.331 e. The number of piperidine rings is 1. The molecule has 2 aromatic heterocycles. The molecule has 1 unspecified atom stereocenters. The van der Waals surface area contributed by atoms with Gasteiger partial charge in [-0.1, -0.05) is 29.8 Å². The number of anilines is 3. The highest BCUT2D eigenvalue weighted by atomic mass is 35.5. The second-order valence-corrected chi connectivity index (χ2v) is 9.88. The van der Waals surface area contributed by atoms with E-state index in [0.29, 0.717) is 55.3 Å². The van der Waals surface area contributed by atoms with Crippen LogP contribution < -0.4 is 15.5 Å². The number of nitrogens with zero attached hydrogens (tertiary/aromatic N) is 3. The molecule has 1 aromatic carbocycles. The Morgan fingerprint density at radius 1 is 1.26 bits per heavy atom. The predicted octanol–water partition coefficient (Wildman–Crippen LogP) is 5.19. The number of amides is 4. The number of hydrogen-bond acceptors (Lipinski definition) is 5. The topological polar surface area (TPSA) is 94.6 Å². The highest BCUT2D eigenvalue weighted by Gasteiger charge is 2.34. The molecular formula is C23H19Cl2N5O3S. The van der Waals surface area contributed by atoms with Gasteiger partial charge in [0.2, 0.25) is 5.91 Å². The van der Waals surface area contributed by atoms with Gasteiger partial charge in [0.05, 0.1) is 22.4 Å². The second-order valence-electron chi connectivity index (χ2n) is 8.01. The number of rotatable bonds is 4. The number of carbonyl (C=O) groups is 3. The average molecular weight is 516 g/mol. The number of hydrogen-bond donors (Lipinski definition) is 2. The molecule has 3 aromatic rings. The molecule has 174 valence electrons. The van der Waals surface area contributed by atoms with Gasteiger partial charge in [-0.25, -0.2) is 9.78 Å². The number of carbonyl (C=O) groups excluding carboxylic acids is 3. The van der Waals surface area contributed by atoms with E-state index in [-0.39, 0.29) is 17.9 Å². The van der Waals surface area contributed by atoms with Crippen LogP contribution in [0.5, 0.6) is 0 Å². The van der Waals surface area contributed by atoms with Gasteiger partial charge in [-0.15, -0.1) is 11.3 Å². The van der Waals surface area contributed by atoms with Crippen molar-refractivity contribution in [3.05, 3.63) is 58.0 Å². The number of likely N-dealkylation sites (tertiary alicyclic amines) is 1. The zero-order valence-corrected chi connectivity index (χ0v) is 20.1. The van der Waals surface area contributed by atoms with Crippen LogP contribution in [0.15, 0.2) is 43.1 Å². The van der Waals surface area contributed by atoms with E-state index in [1.807, 2.05) is 0 Å². The molecule has 0 radical (unpaired) electrons. The fraction of sp³-hybridized carbons (Fsp3) is 0.217. The van der Waals surface area contributed by atoms with Crippen LogP contribution in [-0.4, -0.2) is 46.9 Å². The van der Waals surface area contributed by atoms with Gasteiger partial charge in [0.25, 0.3) is 5.91 Å². The van der Waals surface area contributed by atoms with Gasteiger partial charge in [0, 0.05) is 35.4 Å². The number of nitrogens with one attached hydrogen (secondary N) is 2. The third-order valence-electron chi connectivity index (χ3n) is 5.80. The first-order valence-corrected chi connectivity index (χ1v) is 12.1. The molecule has 0 bridgehead atoms. The van der Waals surface area contributed by atoms with Crippen molar-refractivity contribution in [2.24, 2.45) is 0 Å². The van der Waals surface area contributed by atoms with Crippen molar-refractivity contribution in [3.8, 4) is 0 Å². The van der Waals surface area contributed by atoms with Gasteiger partial charge in [-0.3, -0.25) is 14.5 Å². The molecule has 1 atom stereocenters. The molecule has 4 heterocycles. The molecular weight excluding hydrogens is 497 g/mol. The van der Waals surface area contributed by atoms with E-state index in [2.05, 4.69) is 22.2 Å². The maximum atomic E-state index is 13.2. The largest absolute Gasteiger partial charge is 0.347 e. The van der Waals surface area contributed by atoms with Crippen LogP contribution in [0.4, 0.5) is 21.9 Å². The fourth-order valence-corrected chi connectivity index (χ4v) is 5.88. The molecule has 1 fully saturated rings. The average Bonchev–Trinajstić information content (AvgIpc) is 3.17. The molecule has 0 saturated carbocycles. The summed E-state index contributed by atoms with van der Waals surface area (Å²) in [6.45, 7) is 4.58. The van der Waals surface area contributed by atoms with Crippen molar-refractivity contribution in [2.45, 2.75) is 18.9 Å². The van der Waals surface area contributed by atoms with Crippen LogP contribution in [0.1, 0.15) is 22.5 Å². The van der Waals surface area contributed by atoms with E-state index >= 15 is 0 Å². The van der Waals surface area contributed by atoms with Crippen LogP contribution in [0.2, 0.25) is 10.0 Å². The van der Waals surface area contributed by atoms with E-state index in [1.165, 1.54) is 22.3 Å². The summed E-state index contributed by atoms with van der Waals surface area (Å²) in [5, 5.41) is 7.32. The summed E-state index contributed by atoms with van der Waals surface area (Å²) in [7, 11) is 0. The maximum absolute atomic E-state index is 13.2. The molecule has 2 N–H and O–H groups in total. The molecule has 0 spiro atoms. The normalized spacial score (nSPS) is 17.5. The first kappa shape index (κ1) is 22.6. The van der Waals surface area contributed by atoms with Crippen molar-refractivity contribution in [2.75, 3.05) is 23.3 Å². The lowest BCUT2D eigenvalue weighted by Crippen LogP contribution is -2.49. The third-order valence-corrected chi connectivity index (χ3v) is 7.33. The molecule has 0 aliphatic carbocycles. The highest BCUT2D eigenvalue weighted by molar-refractivity contribution is 7.21. The van der Waals surface area contributed by atoms with Gasteiger partial charge in [0.15, 0.2) is 0 Å². The van der Waals surface area contributed by atoms with Gasteiger partial charge in [-0.05, 0) is 43.2 Å². The Hall–Kier alpha value is -3.14. The molecule has 2 aliphatic rings. The Balaban J connectivity index is 1.49. The van der Waals surface area contributed by atoms with Crippen molar-refractivity contribution in [1.29, 1.82) is 0 Å². The van der Waals surface area contributed by atoms with E-state index < -0.39 is 6.03 Å². The minimum absolute atomic E-state index is 0.154. The summed E-state index contributed by atoms with van der Waals surface area (Å²) in [5.74, 6) is -0.473. The SMILES string of the molecule is C=CC(=O)N1CCCC(NC(=O)c2sc3nccc4c3c2NC(=O)N4c2cc(Cl)cc(Cl)c2)C1. The zero-order chi connectivity index (χ0) is 24.0. The number of halogens is 2. The quantitative estimate of drug-likeness (QED) is 0.467. The molecule has 1 saturated heterocycles. The van der Waals surface area contributed by atoms with E-state index in [1.54, 1.807) is 35.4 Å². The molecule has 2 aliphatic heterocycles. The van der Waals surface area contributed by atoms with Gasteiger partial charge in [-0.2, -0.15) is 0 Å². The van der Waals surface area contributed by atoms with Gasteiger partial charge >= 0.3 is 6.03 Å². The Morgan fingerprint density at radius 3 is 2.76 bits per heavy atom. The first-order chi connectivity index (χ1) is 16.4. The summed E-state index contributed by atoms with van der Waals surface area (Å²) >= 11 is 13.5. The van der Waals surface area contributed by atoms with Crippen LogP contribution in [-0.2, 0) is 4.79 Å². The van der Waals surface area contributed by atoms with Gasteiger partial charge < -0.3 is 15.5 Å². The Labute approximate surface area is 209 Å². The minimum Gasteiger partial charge on any atom is -0.347 e. The number of thiophene rings is 1. The predicted molar refractivity (Wildman–Crippen MR) is 135 cm³/mol. The minimum atomic E-state index is -0.439. The summed E-state index contributed by atoms with van der Waals surface area (Å²) in [6, 6.07) is 5.95. The fourth-order valence-electron chi connectivity index (χ4n) is 4.34. The zero-order valence-electron chi connectivity index (χ0n) is 17.8. The van der Waals surface area contributed by atoms with Crippen molar-refractivity contribution >= 4 is 79.7 Å². The molecule has 34 heavy (non-hydrogen) atoms. The number of benzene rings is 1. The second kappa shape index (κ2) is 8.90. The van der Waals surface area contributed by atoms with Crippen LogP contribution in [0.25, 0.3) is 10.2 Å².